The third-order valence-electron chi connectivity index (χ3n) is 5.62. The molecule has 150 valence electrons. The predicted octanol–water partition coefficient (Wildman–Crippen LogP) is 1.05. The third-order valence-corrected chi connectivity index (χ3v) is 5.62. The Balaban J connectivity index is 1.54. The summed E-state index contributed by atoms with van der Waals surface area (Å²) in [4.78, 5) is 14.4. The van der Waals surface area contributed by atoms with E-state index in [1.807, 2.05) is 18.9 Å². The summed E-state index contributed by atoms with van der Waals surface area (Å²) in [6.07, 6.45) is 5.07. The molecule has 0 spiro atoms. The van der Waals surface area contributed by atoms with Crippen molar-refractivity contribution in [1.29, 1.82) is 0 Å². The molecule has 7 nitrogen and oxygen atoms in total. The molecule has 1 saturated carbocycles. The minimum absolute atomic E-state index is 0.00945. The molecule has 0 radical (unpaired) electrons. The van der Waals surface area contributed by atoms with Crippen LogP contribution in [-0.4, -0.2) is 65.8 Å². The monoisotopic (exact) mass is 371 g/mol. The Morgan fingerprint density at radius 3 is 2.50 bits per heavy atom. The van der Waals surface area contributed by atoms with Gasteiger partial charge in [-0.2, -0.15) is 0 Å². The average Bonchev–Trinajstić information content (AvgIpc) is 2.81. The highest BCUT2D eigenvalue weighted by Gasteiger charge is 2.41. The second kappa shape index (κ2) is 8.93. The van der Waals surface area contributed by atoms with E-state index in [-0.39, 0.29) is 18.6 Å². The second-order valence-corrected chi connectivity index (χ2v) is 8.04. The molecule has 0 aromatic carbocycles. The lowest BCUT2D eigenvalue weighted by Crippen LogP contribution is -2.56. The van der Waals surface area contributed by atoms with Crippen molar-refractivity contribution in [1.82, 2.24) is 20.7 Å². The highest BCUT2D eigenvalue weighted by atomic mass is 19.1. The number of alkyl halides is 1. The molecule has 3 rings (SSSR count). The van der Waals surface area contributed by atoms with Crippen LogP contribution in [0.2, 0.25) is 0 Å². The van der Waals surface area contributed by atoms with Crippen LogP contribution in [0.1, 0.15) is 58.8 Å². The summed E-state index contributed by atoms with van der Waals surface area (Å²) >= 11 is 0. The van der Waals surface area contributed by atoms with Gasteiger partial charge in [-0.1, -0.05) is 25.7 Å². The van der Waals surface area contributed by atoms with Crippen molar-refractivity contribution in [3.05, 3.63) is 0 Å². The summed E-state index contributed by atoms with van der Waals surface area (Å²) < 4.78 is 20.0. The number of rotatable bonds is 4. The van der Waals surface area contributed by atoms with Crippen LogP contribution in [0.5, 0.6) is 0 Å². The SMILES string of the molecule is CC(C)O[C@H]1CCN(C(=O)C2NC(N)N(C3CCCCCC3)N2)C[C@H]1F. The molecule has 2 saturated heterocycles. The molecule has 1 amide bonds. The molecule has 0 bridgehead atoms. The zero-order valence-electron chi connectivity index (χ0n) is 16.0. The van der Waals surface area contributed by atoms with Crippen LogP contribution in [0.15, 0.2) is 0 Å². The van der Waals surface area contributed by atoms with Gasteiger partial charge in [0.2, 0.25) is 0 Å². The van der Waals surface area contributed by atoms with Crippen LogP contribution in [0.4, 0.5) is 4.39 Å². The van der Waals surface area contributed by atoms with E-state index in [1.54, 1.807) is 4.90 Å². The number of hydrogen-bond donors (Lipinski definition) is 3. The number of nitrogens with two attached hydrogens (primary N) is 1. The zero-order chi connectivity index (χ0) is 18.7. The standard InChI is InChI=1S/C18H34FN5O2/c1-12(2)26-15-9-10-23(11-14(15)19)17(25)16-21-18(20)24(22-16)13-7-5-3-4-6-8-13/h12-16,18,21-22H,3-11,20H2,1-2H3/t14-,15+,16?,18?/m1/s1. The molecule has 1 aliphatic carbocycles. The first-order chi connectivity index (χ1) is 12.5. The fraction of sp³-hybridized carbons (Fsp3) is 0.944. The van der Waals surface area contributed by atoms with Gasteiger partial charge in [-0.05, 0) is 33.1 Å². The number of nitrogens with zero attached hydrogens (tertiary/aromatic N) is 2. The zero-order valence-corrected chi connectivity index (χ0v) is 16.0. The lowest BCUT2D eigenvalue weighted by atomic mass is 10.1. The minimum Gasteiger partial charge on any atom is -0.372 e. The van der Waals surface area contributed by atoms with E-state index in [2.05, 4.69) is 10.7 Å². The molecular weight excluding hydrogens is 337 g/mol. The van der Waals surface area contributed by atoms with Gasteiger partial charge < -0.3 is 15.4 Å². The van der Waals surface area contributed by atoms with Crippen molar-refractivity contribution in [2.45, 2.75) is 95.7 Å². The lowest BCUT2D eigenvalue weighted by Gasteiger charge is -2.36. The number of amides is 1. The van der Waals surface area contributed by atoms with E-state index in [0.29, 0.717) is 19.0 Å². The van der Waals surface area contributed by atoms with Crippen LogP contribution in [0, 0.1) is 0 Å². The normalized spacial score (nSPS) is 35.0. The van der Waals surface area contributed by atoms with Crippen molar-refractivity contribution in [3.63, 3.8) is 0 Å². The van der Waals surface area contributed by atoms with E-state index < -0.39 is 24.7 Å². The van der Waals surface area contributed by atoms with Crippen molar-refractivity contribution in [2.75, 3.05) is 13.1 Å². The van der Waals surface area contributed by atoms with Crippen LogP contribution < -0.4 is 16.5 Å². The molecule has 2 unspecified atom stereocenters. The van der Waals surface area contributed by atoms with Crippen LogP contribution in [0.3, 0.4) is 0 Å². The van der Waals surface area contributed by atoms with Gasteiger partial charge in [0.05, 0.1) is 18.8 Å². The van der Waals surface area contributed by atoms with Crippen LogP contribution >= 0.6 is 0 Å². The quantitative estimate of drug-likeness (QED) is 0.641. The van der Waals surface area contributed by atoms with Crippen molar-refractivity contribution >= 4 is 5.91 Å². The van der Waals surface area contributed by atoms with E-state index in [1.165, 1.54) is 25.7 Å². The Kier molecular flexibility index (Phi) is 6.85. The maximum Gasteiger partial charge on any atom is 0.255 e. The predicted molar refractivity (Wildman–Crippen MR) is 97.5 cm³/mol. The molecule has 2 heterocycles. The first kappa shape index (κ1) is 19.9. The lowest BCUT2D eigenvalue weighted by molar-refractivity contribution is -0.141. The van der Waals surface area contributed by atoms with Crippen LogP contribution in [0.25, 0.3) is 0 Å². The highest BCUT2D eigenvalue weighted by molar-refractivity contribution is 5.81. The number of carbonyl (C=O) groups is 1. The van der Waals surface area contributed by atoms with E-state index in [4.69, 9.17) is 10.5 Å². The van der Waals surface area contributed by atoms with Crippen molar-refractivity contribution in [3.8, 4) is 0 Å². The number of piperidine rings is 1. The molecule has 3 aliphatic rings. The Labute approximate surface area is 155 Å². The van der Waals surface area contributed by atoms with Gasteiger partial charge in [-0.3, -0.25) is 10.1 Å². The Morgan fingerprint density at radius 2 is 1.88 bits per heavy atom. The van der Waals surface area contributed by atoms with Gasteiger partial charge in [0.15, 0.2) is 6.17 Å². The molecule has 4 atom stereocenters. The smallest absolute Gasteiger partial charge is 0.255 e. The number of likely N-dealkylation sites (tertiary alicyclic amines) is 1. The molecule has 2 aliphatic heterocycles. The molecule has 26 heavy (non-hydrogen) atoms. The number of hydrogen-bond acceptors (Lipinski definition) is 6. The second-order valence-electron chi connectivity index (χ2n) is 8.04. The van der Waals surface area contributed by atoms with E-state index in [0.717, 1.165) is 12.8 Å². The Hall–Kier alpha value is -0.800. The van der Waals surface area contributed by atoms with Gasteiger partial charge in [-0.25, -0.2) is 14.8 Å². The van der Waals surface area contributed by atoms with E-state index >= 15 is 0 Å². The molecule has 0 aromatic rings. The largest absolute Gasteiger partial charge is 0.372 e. The van der Waals surface area contributed by atoms with Gasteiger partial charge in [0, 0.05) is 12.6 Å². The summed E-state index contributed by atoms with van der Waals surface area (Å²) in [5, 5.41) is 5.12. The fourth-order valence-corrected chi connectivity index (χ4v) is 4.28. The summed E-state index contributed by atoms with van der Waals surface area (Å²) in [6.45, 7) is 4.39. The first-order valence-electron chi connectivity index (χ1n) is 10.1. The molecular formula is C18H34FN5O2. The van der Waals surface area contributed by atoms with Crippen molar-refractivity contribution < 1.29 is 13.9 Å². The highest BCUT2D eigenvalue weighted by Crippen LogP contribution is 2.24. The number of hydrazine groups is 1. The molecule has 4 N–H and O–H groups in total. The van der Waals surface area contributed by atoms with Crippen LogP contribution in [-0.2, 0) is 9.53 Å². The number of carbonyl (C=O) groups excluding carboxylic acids is 1. The van der Waals surface area contributed by atoms with Gasteiger partial charge in [0.1, 0.15) is 12.5 Å². The fourth-order valence-electron chi connectivity index (χ4n) is 4.28. The summed E-state index contributed by atoms with van der Waals surface area (Å²) in [6, 6.07) is 0.344. The molecule has 3 fully saturated rings. The summed E-state index contributed by atoms with van der Waals surface area (Å²) in [7, 11) is 0. The number of nitrogens with one attached hydrogen (secondary N) is 2. The van der Waals surface area contributed by atoms with E-state index in [9.17, 15) is 9.18 Å². The third kappa shape index (κ3) is 4.72. The summed E-state index contributed by atoms with van der Waals surface area (Å²) in [5.74, 6) is -0.137. The number of ether oxygens (including phenoxy) is 1. The first-order valence-corrected chi connectivity index (χ1v) is 10.1. The van der Waals surface area contributed by atoms with Gasteiger partial charge in [-0.15, -0.1) is 0 Å². The average molecular weight is 372 g/mol. The van der Waals surface area contributed by atoms with Crippen molar-refractivity contribution in [2.24, 2.45) is 5.73 Å². The van der Waals surface area contributed by atoms with Gasteiger partial charge in [0.25, 0.3) is 5.91 Å². The topological polar surface area (TPSA) is 82.9 Å². The molecule has 0 aromatic heterocycles. The number of halogens is 1. The minimum atomic E-state index is -1.15. The maximum atomic E-state index is 14.4. The summed E-state index contributed by atoms with van der Waals surface area (Å²) in [5.41, 5.74) is 9.46. The van der Waals surface area contributed by atoms with Gasteiger partial charge >= 0.3 is 0 Å². The Bertz CT molecular complexity index is 472. The molecule has 8 heteroatoms. The Morgan fingerprint density at radius 1 is 1.19 bits per heavy atom. The maximum absolute atomic E-state index is 14.4.